The Hall–Kier alpha value is -1.47. The summed E-state index contributed by atoms with van der Waals surface area (Å²) in [5.41, 5.74) is 5.45. The number of thioether (sulfide) groups is 1. The second-order valence-electron chi connectivity index (χ2n) is 3.71. The molecule has 0 radical (unpaired) electrons. The fraction of sp³-hybridized carbons (Fsp3) is 0.364. The van der Waals surface area contributed by atoms with Gasteiger partial charge < -0.3 is 5.73 Å². The summed E-state index contributed by atoms with van der Waals surface area (Å²) in [5.74, 6) is 1.15. The van der Waals surface area contributed by atoms with Crippen LogP contribution in [-0.2, 0) is 12.3 Å². The minimum absolute atomic E-state index is 0.234. The van der Waals surface area contributed by atoms with E-state index in [4.69, 9.17) is 5.73 Å². The molecule has 7 heteroatoms. The molecule has 0 aliphatic heterocycles. The Morgan fingerprint density at radius 2 is 2.28 bits per heavy atom. The normalized spacial score (nSPS) is 10.8. The number of benzene rings is 1. The standard InChI is InChI=1S/C11H14FN5S/c12-9-3-1-4-10(7-9)18-8-11-14-15-16-17(11)6-2-5-13/h1,3-4,7H,2,5-6,8,13H2. The van der Waals surface area contributed by atoms with E-state index in [0.717, 1.165) is 17.1 Å². The number of nitrogens with two attached hydrogens (primary N) is 1. The number of aryl methyl sites for hydroxylation is 1. The Morgan fingerprint density at radius 3 is 3.06 bits per heavy atom. The van der Waals surface area contributed by atoms with Gasteiger partial charge in [-0.15, -0.1) is 16.9 Å². The second-order valence-corrected chi connectivity index (χ2v) is 4.76. The van der Waals surface area contributed by atoms with Gasteiger partial charge in [-0.3, -0.25) is 0 Å². The zero-order valence-corrected chi connectivity index (χ0v) is 10.6. The van der Waals surface area contributed by atoms with Crippen molar-refractivity contribution < 1.29 is 4.39 Å². The molecule has 2 rings (SSSR count). The minimum atomic E-state index is -0.234. The van der Waals surface area contributed by atoms with Crippen LogP contribution < -0.4 is 5.73 Å². The van der Waals surface area contributed by atoms with E-state index in [0.29, 0.717) is 18.8 Å². The maximum Gasteiger partial charge on any atom is 0.161 e. The van der Waals surface area contributed by atoms with Gasteiger partial charge in [0.1, 0.15) is 5.82 Å². The van der Waals surface area contributed by atoms with Gasteiger partial charge in [-0.2, -0.15) is 0 Å². The molecule has 0 amide bonds. The summed E-state index contributed by atoms with van der Waals surface area (Å²) >= 11 is 1.51. The lowest BCUT2D eigenvalue weighted by molar-refractivity contribution is 0.551. The van der Waals surface area contributed by atoms with E-state index < -0.39 is 0 Å². The number of aromatic nitrogens is 4. The molecule has 0 saturated carbocycles. The van der Waals surface area contributed by atoms with E-state index in [2.05, 4.69) is 15.5 Å². The number of tetrazole rings is 1. The number of rotatable bonds is 6. The highest BCUT2D eigenvalue weighted by molar-refractivity contribution is 7.98. The molecule has 96 valence electrons. The summed E-state index contributed by atoms with van der Waals surface area (Å²) < 4.78 is 14.7. The molecule has 0 aliphatic rings. The molecular formula is C11H14FN5S. The van der Waals surface area contributed by atoms with Gasteiger partial charge in [0.2, 0.25) is 0 Å². The largest absolute Gasteiger partial charge is 0.330 e. The van der Waals surface area contributed by atoms with Gasteiger partial charge in [0.25, 0.3) is 0 Å². The first-order chi connectivity index (χ1) is 8.79. The molecule has 0 unspecified atom stereocenters. The molecule has 0 bridgehead atoms. The van der Waals surface area contributed by atoms with Crippen LogP contribution in [0.2, 0.25) is 0 Å². The van der Waals surface area contributed by atoms with Crippen LogP contribution in [0.5, 0.6) is 0 Å². The zero-order chi connectivity index (χ0) is 12.8. The van der Waals surface area contributed by atoms with E-state index in [1.165, 1.54) is 23.9 Å². The van der Waals surface area contributed by atoms with Crippen molar-refractivity contribution in [2.24, 2.45) is 5.73 Å². The summed E-state index contributed by atoms with van der Waals surface area (Å²) in [6.45, 7) is 1.32. The summed E-state index contributed by atoms with van der Waals surface area (Å²) in [7, 11) is 0. The second kappa shape index (κ2) is 6.46. The lowest BCUT2D eigenvalue weighted by Gasteiger charge is -2.03. The molecule has 2 aromatic rings. The third kappa shape index (κ3) is 3.51. The van der Waals surface area contributed by atoms with E-state index in [9.17, 15) is 4.39 Å². The van der Waals surface area contributed by atoms with Crippen molar-refractivity contribution in [2.75, 3.05) is 6.54 Å². The van der Waals surface area contributed by atoms with Gasteiger partial charge in [0, 0.05) is 11.4 Å². The van der Waals surface area contributed by atoms with Crippen molar-refractivity contribution in [1.82, 2.24) is 20.2 Å². The maximum absolute atomic E-state index is 13.0. The highest BCUT2D eigenvalue weighted by Gasteiger charge is 2.06. The first-order valence-electron chi connectivity index (χ1n) is 5.63. The Morgan fingerprint density at radius 1 is 1.39 bits per heavy atom. The third-order valence-corrected chi connectivity index (χ3v) is 3.33. The van der Waals surface area contributed by atoms with Gasteiger partial charge in [-0.05, 0) is 41.6 Å². The zero-order valence-electron chi connectivity index (χ0n) is 9.79. The molecule has 0 atom stereocenters. The fourth-order valence-corrected chi connectivity index (χ4v) is 2.32. The first-order valence-corrected chi connectivity index (χ1v) is 6.61. The summed E-state index contributed by atoms with van der Waals surface area (Å²) in [4.78, 5) is 0.864. The SMILES string of the molecule is NCCCn1nnnc1CSc1cccc(F)c1. The van der Waals surface area contributed by atoms with Gasteiger partial charge in [0.05, 0.1) is 5.75 Å². The quantitative estimate of drug-likeness (QED) is 0.802. The maximum atomic E-state index is 13.0. The van der Waals surface area contributed by atoms with Crippen LogP contribution in [-0.4, -0.2) is 26.8 Å². The van der Waals surface area contributed by atoms with E-state index in [1.54, 1.807) is 10.7 Å². The van der Waals surface area contributed by atoms with Crippen molar-refractivity contribution in [3.63, 3.8) is 0 Å². The van der Waals surface area contributed by atoms with Gasteiger partial charge in [-0.1, -0.05) is 6.07 Å². The molecule has 0 saturated heterocycles. The number of hydrogen-bond acceptors (Lipinski definition) is 5. The minimum Gasteiger partial charge on any atom is -0.330 e. The van der Waals surface area contributed by atoms with Crippen LogP contribution in [0, 0.1) is 5.82 Å². The fourth-order valence-electron chi connectivity index (χ4n) is 1.45. The number of nitrogens with zero attached hydrogens (tertiary/aromatic N) is 4. The van der Waals surface area contributed by atoms with E-state index in [-0.39, 0.29) is 5.82 Å². The highest BCUT2D eigenvalue weighted by atomic mass is 32.2. The van der Waals surface area contributed by atoms with E-state index in [1.807, 2.05) is 6.07 Å². The molecule has 0 spiro atoms. The average Bonchev–Trinajstić information content (AvgIpc) is 2.81. The Bertz CT molecular complexity index is 502. The smallest absolute Gasteiger partial charge is 0.161 e. The van der Waals surface area contributed by atoms with Crippen LogP contribution in [0.4, 0.5) is 4.39 Å². The highest BCUT2D eigenvalue weighted by Crippen LogP contribution is 2.22. The molecule has 5 nitrogen and oxygen atoms in total. The molecule has 0 aliphatic carbocycles. The van der Waals surface area contributed by atoms with Gasteiger partial charge in [0.15, 0.2) is 5.82 Å². The van der Waals surface area contributed by atoms with Crippen LogP contribution in [0.25, 0.3) is 0 Å². The van der Waals surface area contributed by atoms with Crippen LogP contribution in [0.3, 0.4) is 0 Å². The van der Waals surface area contributed by atoms with E-state index >= 15 is 0 Å². The summed E-state index contributed by atoms with van der Waals surface area (Å²) in [6, 6.07) is 6.48. The number of halogens is 1. The topological polar surface area (TPSA) is 69.6 Å². The molecular weight excluding hydrogens is 253 g/mol. The Balaban J connectivity index is 1.95. The Kier molecular flexibility index (Phi) is 4.66. The summed E-state index contributed by atoms with van der Waals surface area (Å²) in [5, 5.41) is 11.5. The number of hydrogen-bond donors (Lipinski definition) is 1. The lowest BCUT2D eigenvalue weighted by Crippen LogP contribution is -2.09. The molecule has 1 aromatic carbocycles. The van der Waals surface area contributed by atoms with Crippen LogP contribution in [0.1, 0.15) is 12.2 Å². The monoisotopic (exact) mass is 267 g/mol. The Labute approximate surface area is 109 Å². The van der Waals surface area contributed by atoms with Crippen molar-refractivity contribution >= 4 is 11.8 Å². The molecule has 1 heterocycles. The van der Waals surface area contributed by atoms with Gasteiger partial charge >= 0.3 is 0 Å². The molecule has 18 heavy (non-hydrogen) atoms. The van der Waals surface area contributed by atoms with Crippen molar-refractivity contribution in [3.8, 4) is 0 Å². The molecule has 0 fully saturated rings. The summed E-state index contributed by atoms with van der Waals surface area (Å²) in [6.07, 6.45) is 0.836. The predicted octanol–water partition coefficient (Wildman–Crippen LogP) is 1.45. The van der Waals surface area contributed by atoms with Gasteiger partial charge in [-0.25, -0.2) is 9.07 Å². The average molecular weight is 267 g/mol. The van der Waals surface area contributed by atoms with Crippen molar-refractivity contribution in [1.29, 1.82) is 0 Å². The van der Waals surface area contributed by atoms with Crippen molar-refractivity contribution in [3.05, 3.63) is 35.9 Å². The molecule has 1 aromatic heterocycles. The lowest BCUT2D eigenvalue weighted by atomic mass is 10.4. The molecule has 2 N–H and O–H groups in total. The van der Waals surface area contributed by atoms with Crippen LogP contribution in [0.15, 0.2) is 29.2 Å². The van der Waals surface area contributed by atoms with Crippen molar-refractivity contribution in [2.45, 2.75) is 23.6 Å². The predicted molar refractivity (Wildman–Crippen MR) is 67.4 cm³/mol. The first kappa shape index (κ1) is 13.0. The van der Waals surface area contributed by atoms with Crippen LogP contribution >= 0.6 is 11.8 Å². The third-order valence-electron chi connectivity index (χ3n) is 2.34.